The highest BCUT2D eigenvalue weighted by Crippen LogP contribution is 2.25. The van der Waals surface area contributed by atoms with Crippen molar-refractivity contribution in [3.63, 3.8) is 0 Å². The summed E-state index contributed by atoms with van der Waals surface area (Å²) in [5.74, 6) is 0.264. The Morgan fingerprint density at radius 3 is 2.73 bits per heavy atom. The molecule has 0 radical (unpaired) electrons. The van der Waals surface area contributed by atoms with Crippen LogP contribution in [0.3, 0.4) is 0 Å². The molecule has 126 valence electrons. The predicted molar refractivity (Wildman–Crippen MR) is 101 cm³/mol. The molecule has 0 unspecified atom stereocenters. The minimum absolute atomic E-state index is 0.203. The lowest BCUT2D eigenvalue weighted by atomic mass is 10.2. The van der Waals surface area contributed by atoms with E-state index in [2.05, 4.69) is 15.3 Å². The number of carbonyl (C=O) groups is 1. The van der Waals surface area contributed by atoms with Crippen LogP contribution in [0.1, 0.15) is 5.56 Å². The van der Waals surface area contributed by atoms with Crippen LogP contribution in [0, 0.1) is 0 Å². The van der Waals surface area contributed by atoms with E-state index in [4.69, 9.17) is 4.42 Å². The predicted octanol–water partition coefficient (Wildman–Crippen LogP) is 4.54. The van der Waals surface area contributed by atoms with E-state index >= 15 is 0 Å². The lowest BCUT2D eigenvalue weighted by Crippen LogP contribution is -2.07. The van der Waals surface area contributed by atoms with Crippen molar-refractivity contribution in [2.45, 2.75) is 0 Å². The third-order valence-corrected chi connectivity index (χ3v) is 3.77. The second kappa shape index (κ2) is 7.03. The van der Waals surface area contributed by atoms with Gasteiger partial charge < -0.3 is 9.73 Å². The van der Waals surface area contributed by atoms with Crippen molar-refractivity contribution in [1.29, 1.82) is 0 Å². The Bertz CT molecular complexity index is 1050. The molecule has 0 aliphatic rings. The van der Waals surface area contributed by atoms with Gasteiger partial charge in [0.05, 0.1) is 0 Å². The van der Waals surface area contributed by atoms with Crippen molar-refractivity contribution < 1.29 is 9.21 Å². The highest BCUT2D eigenvalue weighted by atomic mass is 16.3. The summed E-state index contributed by atoms with van der Waals surface area (Å²) in [6.07, 6.45) is 4.95. The molecule has 0 atom stereocenters. The minimum atomic E-state index is -0.203. The maximum absolute atomic E-state index is 12.1. The van der Waals surface area contributed by atoms with E-state index in [-0.39, 0.29) is 5.91 Å². The van der Waals surface area contributed by atoms with E-state index in [1.54, 1.807) is 18.3 Å². The summed E-state index contributed by atoms with van der Waals surface area (Å²) in [5, 5.41) is 2.85. The zero-order valence-corrected chi connectivity index (χ0v) is 13.8. The normalized spacial score (nSPS) is 11.1. The summed E-state index contributed by atoms with van der Waals surface area (Å²) in [6, 6.07) is 20.6. The summed E-state index contributed by atoms with van der Waals surface area (Å²) in [7, 11) is 0. The Balaban J connectivity index is 1.52. The second-order valence-electron chi connectivity index (χ2n) is 5.66. The number of amides is 1. The fourth-order valence-electron chi connectivity index (χ4n) is 2.54. The number of hydrogen-bond donors (Lipinski definition) is 1. The fourth-order valence-corrected chi connectivity index (χ4v) is 2.54. The Kier molecular flexibility index (Phi) is 4.26. The Labute approximate surface area is 150 Å². The van der Waals surface area contributed by atoms with Crippen molar-refractivity contribution >= 4 is 28.9 Å². The number of aromatic nitrogens is 2. The zero-order chi connectivity index (χ0) is 17.8. The smallest absolute Gasteiger partial charge is 0.248 e. The molecular weight excluding hydrogens is 326 g/mol. The van der Waals surface area contributed by atoms with Crippen LogP contribution >= 0.6 is 0 Å². The van der Waals surface area contributed by atoms with Gasteiger partial charge in [0.25, 0.3) is 0 Å². The zero-order valence-electron chi connectivity index (χ0n) is 13.8. The SMILES string of the molecule is O=C(/C=C\c1ccccc1)Nc1cccc(-c2nc3ncccc3o2)c1. The van der Waals surface area contributed by atoms with E-state index in [1.807, 2.05) is 60.7 Å². The van der Waals surface area contributed by atoms with Crippen LogP contribution in [-0.4, -0.2) is 15.9 Å². The van der Waals surface area contributed by atoms with Crippen LogP contribution < -0.4 is 5.32 Å². The molecule has 0 saturated heterocycles. The lowest BCUT2D eigenvalue weighted by molar-refractivity contribution is -0.111. The van der Waals surface area contributed by atoms with Crippen LogP contribution in [-0.2, 0) is 4.79 Å². The first-order chi connectivity index (χ1) is 12.8. The number of anilines is 1. The van der Waals surface area contributed by atoms with Gasteiger partial charge in [-0.05, 0) is 42.0 Å². The minimum Gasteiger partial charge on any atom is -0.434 e. The first-order valence-electron chi connectivity index (χ1n) is 8.14. The molecule has 0 spiro atoms. The molecule has 2 heterocycles. The number of benzene rings is 2. The Hall–Kier alpha value is -3.73. The van der Waals surface area contributed by atoms with Crippen molar-refractivity contribution in [1.82, 2.24) is 9.97 Å². The molecule has 5 nitrogen and oxygen atoms in total. The highest BCUT2D eigenvalue weighted by molar-refractivity contribution is 6.02. The van der Waals surface area contributed by atoms with Gasteiger partial charge in [-0.15, -0.1) is 0 Å². The number of pyridine rings is 1. The van der Waals surface area contributed by atoms with Crippen LogP contribution in [0.15, 0.2) is 83.4 Å². The van der Waals surface area contributed by atoms with Crippen LogP contribution in [0.4, 0.5) is 5.69 Å². The molecule has 0 saturated carbocycles. The number of carbonyl (C=O) groups excluding carboxylic acids is 1. The molecule has 0 bridgehead atoms. The molecule has 0 aliphatic heterocycles. The lowest BCUT2D eigenvalue weighted by Gasteiger charge is -2.03. The van der Waals surface area contributed by atoms with Crippen LogP contribution in [0.2, 0.25) is 0 Å². The largest absolute Gasteiger partial charge is 0.434 e. The summed E-state index contributed by atoms with van der Waals surface area (Å²) < 4.78 is 5.72. The van der Waals surface area contributed by atoms with Crippen molar-refractivity contribution in [3.05, 3.63) is 84.6 Å². The van der Waals surface area contributed by atoms with E-state index in [9.17, 15) is 4.79 Å². The van der Waals surface area contributed by atoms with Crippen molar-refractivity contribution in [2.75, 3.05) is 5.32 Å². The molecule has 2 aromatic carbocycles. The van der Waals surface area contributed by atoms with Gasteiger partial charge in [0.1, 0.15) is 0 Å². The van der Waals surface area contributed by atoms with Crippen LogP contribution in [0.5, 0.6) is 0 Å². The molecule has 2 aromatic heterocycles. The second-order valence-corrected chi connectivity index (χ2v) is 5.66. The van der Waals surface area contributed by atoms with E-state index in [0.717, 1.165) is 11.1 Å². The molecule has 4 aromatic rings. The first kappa shape index (κ1) is 15.8. The third-order valence-electron chi connectivity index (χ3n) is 3.77. The topological polar surface area (TPSA) is 68.0 Å². The molecule has 4 rings (SSSR count). The average molecular weight is 341 g/mol. The number of rotatable bonds is 4. The number of fused-ring (bicyclic) bond motifs is 1. The molecule has 0 fully saturated rings. The van der Waals surface area contributed by atoms with E-state index in [0.29, 0.717) is 22.8 Å². The summed E-state index contributed by atoms with van der Waals surface area (Å²) in [6.45, 7) is 0. The van der Waals surface area contributed by atoms with Gasteiger partial charge in [0, 0.05) is 23.5 Å². The fraction of sp³-hybridized carbons (Fsp3) is 0. The van der Waals surface area contributed by atoms with E-state index in [1.165, 1.54) is 6.08 Å². The van der Waals surface area contributed by atoms with Gasteiger partial charge in [-0.25, -0.2) is 4.98 Å². The number of oxazole rings is 1. The number of nitrogens with one attached hydrogen (secondary N) is 1. The maximum Gasteiger partial charge on any atom is 0.248 e. The van der Waals surface area contributed by atoms with Crippen molar-refractivity contribution in [2.24, 2.45) is 0 Å². The van der Waals surface area contributed by atoms with Gasteiger partial charge in [0.2, 0.25) is 11.8 Å². The monoisotopic (exact) mass is 341 g/mol. The highest BCUT2D eigenvalue weighted by Gasteiger charge is 2.09. The van der Waals surface area contributed by atoms with Gasteiger partial charge >= 0.3 is 0 Å². The third kappa shape index (κ3) is 3.52. The molecule has 0 aliphatic carbocycles. The van der Waals surface area contributed by atoms with Gasteiger partial charge in [-0.3, -0.25) is 4.79 Å². The maximum atomic E-state index is 12.1. The Morgan fingerprint density at radius 2 is 1.88 bits per heavy atom. The standard InChI is InChI=1S/C21H15N3O2/c25-19(12-11-15-6-2-1-3-7-15)23-17-9-4-8-16(14-17)21-24-20-18(26-21)10-5-13-22-20/h1-14H,(H,23,25)/b12-11-. The van der Waals surface area contributed by atoms with Gasteiger partial charge in [0.15, 0.2) is 11.2 Å². The van der Waals surface area contributed by atoms with Gasteiger partial charge in [-0.1, -0.05) is 36.4 Å². The molecule has 26 heavy (non-hydrogen) atoms. The number of nitrogens with zero attached hydrogens (tertiary/aromatic N) is 2. The quantitative estimate of drug-likeness (QED) is 0.553. The summed E-state index contributed by atoms with van der Waals surface area (Å²) in [5.41, 5.74) is 3.59. The molecule has 1 amide bonds. The van der Waals surface area contributed by atoms with Crippen molar-refractivity contribution in [3.8, 4) is 11.5 Å². The van der Waals surface area contributed by atoms with Crippen LogP contribution in [0.25, 0.3) is 28.8 Å². The summed E-state index contributed by atoms with van der Waals surface area (Å²) in [4.78, 5) is 20.7. The molecule has 1 N–H and O–H groups in total. The average Bonchev–Trinajstić information content (AvgIpc) is 3.12. The number of hydrogen-bond acceptors (Lipinski definition) is 4. The van der Waals surface area contributed by atoms with E-state index < -0.39 is 0 Å². The summed E-state index contributed by atoms with van der Waals surface area (Å²) >= 11 is 0. The molecule has 5 heteroatoms. The molecular formula is C21H15N3O2. The van der Waals surface area contributed by atoms with Gasteiger partial charge in [-0.2, -0.15) is 4.98 Å². The first-order valence-corrected chi connectivity index (χ1v) is 8.14. The Morgan fingerprint density at radius 1 is 1.00 bits per heavy atom.